The zero-order valence-corrected chi connectivity index (χ0v) is 8.63. The summed E-state index contributed by atoms with van der Waals surface area (Å²) in [6, 6.07) is 2.83. The van der Waals surface area contributed by atoms with E-state index in [4.69, 9.17) is 11.0 Å². The number of benzene rings is 1. The van der Waals surface area contributed by atoms with E-state index in [0.29, 0.717) is 6.07 Å². The summed E-state index contributed by atoms with van der Waals surface area (Å²) in [6.45, 7) is 0. The second kappa shape index (κ2) is 4.33. The van der Waals surface area contributed by atoms with Gasteiger partial charge in [0.2, 0.25) is 0 Å². The fourth-order valence-electron chi connectivity index (χ4n) is 1.23. The first-order valence-corrected chi connectivity index (χ1v) is 4.30. The second-order valence-corrected chi connectivity index (χ2v) is 3.09. The fraction of sp³-hybridized carbons (Fsp3) is 0.200. The molecule has 0 saturated heterocycles. The molecule has 1 rings (SSSR count). The highest BCUT2D eigenvalue weighted by Gasteiger charge is 2.36. The van der Waals surface area contributed by atoms with Crippen LogP contribution < -0.4 is 5.73 Å². The van der Waals surface area contributed by atoms with Gasteiger partial charge in [-0.15, -0.1) is 0 Å². The molecule has 0 amide bonds. The highest BCUT2D eigenvalue weighted by Crippen LogP contribution is 2.34. The van der Waals surface area contributed by atoms with Gasteiger partial charge in [-0.2, -0.15) is 18.4 Å². The zero-order chi connectivity index (χ0) is 13.2. The molecule has 2 N–H and O–H groups in total. The van der Waals surface area contributed by atoms with Crippen molar-refractivity contribution in [2.24, 2.45) is 0 Å². The molecule has 1 aromatic carbocycles. The van der Waals surface area contributed by atoms with Gasteiger partial charge in [-0.1, -0.05) is 0 Å². The monoisotopic (exact) mass is 244 g/mol. The molecule has 0 fully saturated rings. The maximum atomic E-state index is 12.6. The molecule has 0 atom stereocenters. The number of nitrogen functional groups attached to an aromatic ring is 1. The first-order valence-electron chi connectivity index (χ1n) is 4.30. The number of anilines is 1. The van der Waals surface area contributed by atoms with E-state index in [2.05, 4.69) is 4.74 Å². The molecular weight excluding hydrogens is 237 g/mol. The number of nitriles is 1. The molecule has 1 aromatic rings. The lowest BCUT2D eigenvalue weighted by Gasteiger charge is -2.12. The quantitative estimate of drug-likeness (QED) is 0.605. The van der Waals surface area contributed by atoms with E-state index in [9.17, 15) is 18.0 Å². The first kappa shape index (κ1) is 12.8. The van der Waals surface area contributed by atoms with E-state index < -0.39 is 23.3 Å². The highest BCUT2D eigenvalue weighted by atomic mass is 19.4. The van der Waals surface area contributed by atoms with Gasteiger partial charge < -0.3 is 10.5 Å². The molecule has 0 spiro atoms. The Labute approximate surface area is 94.4 Å². The smallest absolute Gasteiger partial charge is 0.417 e. The molecule has 0 radical (unpaired) electrons. The van der Waals surface area contributed by atoms with Crippen LogP contribution in [0.1, 0.15) is 21.5 Å². The maximum absolute atomic E-state index is 12.6. The molecule has 0 bridgehead atoms. The summed E-state index contributed by atoms with van der Waals surface area (Å²) in [6.07, 6.45) is -4.76. The van der Waals surface area contributed by atoms with Crippen molar-refractivity contribution in [3.63, 3.8) is 0 Å². The fourth-order valence-corrected chi connectivity index (χ4v) is 1.23. The van der Waals surface area contributed by atoms with Crippen LogP contribution in [0.15, 0.2) is 12.1 Å². The molecule has 0 aliphatic carbocycles. The third-order valence-corrected chi connectivity index (χ3v) is 2.02. The molecule has 0 aliphatic heterocycles. The van der Waals surface area contributed by atoms with E-state index in [1.54, 1.807) is 0 Å². The predicted molar refractivity (Wildman–Crippen MR) is 51.9 cm³/mol. The Bertz CT molecular complexity index is 503. The average Bonchev–Trinajstić information content (AvgIpc) is 2.26. The molecule has 0 aliphatic rings. The molecule has 90 valence electrons. The highest BCUT2D eigenvalue weighted by molar-refractivity contribution is 5.93. The average molecular weight is 244 g/mol. The van der Waals surface area contributed by atoms with Crippen LogP contribution in [0.25, 0.3) is 0 Å². The van der Waals surface area contributed by atoms with Crippen molar-refractivity contribution in [3.05, 3.63) is 28.8 Å². The van der Waals surface area contributed by atoms with Crippen LogP contribution in [-0.2, 0) is 10.9 Å². The van der Waals surface area contributed by atoms with Gasteiger partial charge >= 0.3 is 12.1 Å². The molecule has 0 unspecified atom stereocenters. The van der Waals surface area contributed by atoms with E-state index in [0.717, 1.165) is 13.2 Å². The van der Waals surface area contributed by atoms with Crippen molar-refractivity contribution in [3.8, 4) is 6.07 Å². The van der Waals surface area contributed by atoms with Gasteiger partial charge in [-0.05, 0) is 12.1 Å². The summed E-state index contributed by atoms with van der Waals surface area (Å²) in [5.41, 5.74) is 2.84. The van der Waals surface area contributed by atoms with E-state index >= 15 is 0 Å². The number of alkyl halides is 3. The molecular formula is C10H7F3N2O2. The number of halogens is 3. The minimum absolute atomic E-state index is 0.207. The summed E-state index contributed by atoms with van der Waals surface area (Å²) in [4.78, 5) is 11.2. The molecule has 0 saturated carbocycles. The van der Waals surface area contributed by atoms with Crippen LogP contribution in [0.3, 0.4) is 0 Å². The number of nitrogens with two attached hydrogens (primary N) is 1. The number of carbonyl (C=O) groups is 1. The van der Waals surface area contributed by atoms with Crippen molar-refractivity contribution in [2.75, 3.05) is 12.8 Å². The number of hydrogen-bond acceptors (Lipinski definition) is 4. The summed E-state index contributed by atoms with van der Waals surface area (Å²) < 4.78 is 42.1. The first-order chi connectivity index (χ1) is 7.81. The number of hydrogen-bond donors (Lipinski definition) is 1. The van der Waals surface area contributed by atoms with Crippen molar-refractivity contribution in [2.45, 2.75) is 6.18 Å². The third kappa shape index (κ3) is 2.47. The number of esters is 1. The van der Waals surface area contributed by atoms with Gasteiger partial charge in [-0.3, -0.25) is 0 Å². The van der Waals surface area contributed by atoms with Gasteiger partial charge in [0.05, 0.1) is 29.5 Å². The van der Waals surface area contributed by atoms with Crippen LogP contribution >= 0.6 is 0 Å². The standard InChI is InChI=1S/C10H7F3N2O2/c1-17-9(16)6-3-8(15)5(4-14)2-7(6)10(11,12)13/h2-3H,15H2,1H3. The van der Waals surface area contributed by atoms with Gasteiger partial charge in [0.15, 0.2) is 0 Å². The Morgan fingerprint density at radius 3 is 2.47 bits per heavy atom. The zero-order valence-electron chi connectivity index (χ0n) is 8.63. The minimum Gasteiger partial charge on any atom is -0.465 e. The van der Waals surface area contributed by atoms with Gasteiger partial charge in [0, 0.05) is 0 Å². The number of ether oxygens (including phenoxy) is 1. The second-order valence-electron chi connectivity index (χ2n) is 3.09. The van der Waals surface area contributed by atoms with Crippen molar-refractivity contribution in [1.82, 2.24) is 0 Å². The van der Waals surface area contributed by atoms with Gasteiger partial charge in [-0.25, -0.2) is 4.79 Å². The number of rotatable bonds is 1. The number of methoxy groups -OCH3 is 1. The SMILES string of the molecule is COC(=O)c1cc(N)c(C#N)cc1C(F)(F)F. The Kier molecular flexibility index (Phi) is 3.27. The van der Waals surface area contributed by atoms with Crippen LogP contribution in [-0.4, -0.2) is 13.1 Å². The van der Waals surface area contributed by atoms with Crippen LogP contribution in [0.5, 0.6) is 0 Å². The topological polar surface area (TPSA) is 76.1 Å². The lowest BCUT2D eigenvalue weighted by molar-refractivity contribution is -0.138. The largest absolute Gasteiger partial charge is 0.465 e. The van der Waals surface area contributed by atoms with Crippen LogP contribution in [0.4, 0.5) is 18.9 Å². The van der Waals surface area contributed by atoms with Gasteiger partial charge in [0.1, 0.15) is 6.07 Å². The van der Waals surface area contributed by atoms with E-state index in [1.165, 1.54) is 6.07 Å². The van der Waals surface area contributed by atoms with Crippen molar-refractivity contribution in [1.29, 1.82) is 5.26 Å². The molecule has 0 heterocycles. The van der Waals surface area contributed by atoms with Crippen LogP contribution in [0.2, 0.25) is 0 Å². The van der Waals surface area contributed by atoms with Crippen LogP contribution in [0, 0.1) is 11.3 Å². The van der Waals surface area contributed by atoms with E-state index in [-0.39, 0.29) is 11.3 Å². The third-order valence-electron chi connectivity index (χ3n) is 2.02. The van der Waals surface area contributed by atoms with Gasteiger partial charge in [0.25, 0.3) is 0 Å². The van der Waals surface area contributed by atoms with E-state index in [1.807, 2.05) is 0 Å². The molecule has 4 nitrogen and oxygen atoms in total. The lowest BCUT2D eigenvalue weighted by atomic mass is 10.0. The maximum Gasteiger partial charge on any atom is 0.417 e. The van der Waals surface area contributed by atoms with Crippen molar-refractivity contribution < 1.29 is 22.7 Å². The Balaban J connectivity index is 3.54. The van der Waals surface area contributed by atoms with Crippen molar-refractivity contribution >= 4 is 11.7 Å². The summed E-state index contributed by atoms with van der Waals surface area (Å²) in [5.74, 6) is -1.16. The number of nitrogens with zero attached hydrogens (tertiary/aromatic N) is 1. The molecule has 0 aromatic heterocycles. The lowest BCUT2D eigenvalue weighted by Crippen LogP contribution is -2.15. The summed E-state index contributed by atoms with van der Waals surface area (Å²) in [5, 5.41) is 8.58. The normalized spacial score (nSPS) is 10.8. The molecule has 7 heteroatoms. The molecule has 17 heavy (non-hydrogen) atoms. The minimum atomic E-state index is -4.76. The summed E-state index contributed by atoms with van der Waals surface area (Å²) >= 11 is 0. The number of carbonyl (C=O) groups excluding carboxylic acids is 1. The summed E-state index contributed by atoms with van der Waals surface area (Å²) in [7, 11) is 0.955. The Morgan fingerprint density at radius 1 is 1.47 bits per heavy atom. The Hall–Kier alpha value is -2.23. The predicted octanol–water partition coefficient (Wildman–Crippen LogP) is 1.95. The Morgan fingerprint density at radius 2 is 2.06 bits per heavy atom.